The molecule has 1 aliphatic heterocycles. The van der Waals surface area contributed by atoms with Crippen molar-refractivity contribution in [3.8, 4) is 5.75 Å². The highest BCUT2D eigenvalue weighted by Crippen LogP contribution is 2.42. The van der Waals surface area contributed by atoms with Crippen molar-refractivity contribution in [2.45, 2.75) is 57.5 Å². The summed E-state index contributed by atoms with van der Waals surface area (Å²) in [6, 6.07) is 5.30. The maximum Gasteiger partial charge on any atom is 0.249 e. The summed E-state index contributed by atoms with van der Waals surface area (Å²) in [5.41, 5.74) is 2.08. The minimum Gasteiger partial charge on any atom is -0.497 e. The molecule has 1 atom stereocenters. The molecule has 2 heterocycles. The Morgan fingerprint density at radius 1 is 1.36 bits per heavy atom. The highest BCUT2D eigenvalue weighted by Gasteiger charge is 2.42. The van der Waals surface area contributed by atoms with Crippen LogP contribution in [0, 0.1) is 11.3 Å². The fourth-order valence-corrected chi connectivity index (χ4v) is 5.86. The Kier molecular flexibility index (Phi) is 7.72. The number of aromatic nitrogens is 1. The van der Waals surface area contributed by atoms with E-state index >= 15 is 4.39 Å². The van der Waals surface area contributed by atoms with E-state index in [9.17, 15) is 10.0 Å². The van der Waals surface area contributed by atoms with Gasteiger partial charge in [-0.2, -0.15) is 0 Å². The van der Waals surface area contributed by atoms with Gasteiger partial charge < -0.3 is 9.64 Å². The largest absolute Gasteiger partial charge is 0.497 e. The average Bonchev–Trinajstić information content (AvgIpc) is 3.35. The number of pyridine rings is 1. The summed E-state index contributed by atoms with van der Waals surface area (Å²) in [7, 11) is 1.56. The zero-order chi connectivity index (χ0) is 23.4. The highest BCUT2D eigenvalue weighted by molar-refractivity contribution is 6.32. The number of hydrogen-bond donors (Lipinski definition) is 2. The van der Waals surface area contributed by atoms with Crippen molar-refractivity contribution in [3.05, 3.63) is 35.0 Å². The maximum absolute atomic E-state index is 15.6. The van der Waals surface area contributed by atoms with Crippen molar-refractivity contribution >= 4 is 28.4 Å². The van der Waals surface area contributed by atoms with Crippen LogP contribution in [0.15, 0.2) is 24.4 Å². The Morgan fingerprint density at radius 3 is 2.76 bits per heavy atom. The summed E-state index contributed by atoms with van der Waals surface area (Å²) in [5, 5.41) is 10.3. The predicted molar refractivity (Wildman–Crippen MR) is 126 cm³/mol. The fraction of sp³-hybridized carbons (Fsp3) is 0.600. The third-order valence-corrected chi connectivity index (χ3v) is 7.95. The maximum atomic E-state index is 15.6. The molecular weight excluding hydrogens is 445 g/mol. The Balaban J connectivity index is 1.47. The summed E-state index contributed by atoms with van der Waals surface area (Å²) in [4.78, 5) is 19.4. The number of hydroxylamine groups is 1. The standard InChI is InChI=1S/C25H33ClFN3O3/c1-33-18-6-7-22-19(14-18)23(20(26)15-28-22)21(27)8-9-25(24(31)29-32)10-12-30(13-11-25)16-17-4-2-3-5-17/h6-7,14-15,17,21,32H,2-5,8-13,16H2,1H3,(H,29,31)/t21-/m1/s1. The quantitative estimate of drug-likeness (QED) is 0.389. The first-order valence-electron chi connectivity index (χ1n) is 11.9. The fourth-order valence-electron chi connectivity index (χ4n) is 5.59. The van der Waals surface area contributed by atoms with E-state index in [1.165, 1.54) is 31.9 Å². The molecule has 180 valence electrons. The lowest BCUT2D eigenvalue weighted by atomic mass is 9.73. The minimum atomic E-state index is -1.37. The SMILES string of the molecule is COc1ccc2ncc(Cl)c([C@H](F)CCC3(C(=O)NO)CCN(CC4CCCC4)CC3)c2c1. The Bertz CT molecular complexity index is 975. The molecule has 2 fully saturated rings. The van der Waals surface area contributed by atoms with Gasteiger partial charge in [0.2, 0.25) is 5.91 Å². The van der Waals surface area contributed by atoms with Crippen molar-refractivity contribution < 1.29 is 19.1 Å². The van der Waals surface area contributed by atoms with Gasteiger partial charge in [0.05, 0.1) is 23.1 Å². The number of methoxy groups -OCH3 is 1. The Labute approximate surface area is 199 Å². The zero-order valence-corrected chi connectivity index (χ0v) is 19.9. The molecule has 6 nitrogen and oxygen atoms in total. The first-order valence-corrected chi connectivity index (χ1v) is 12.3. The number of nitrogens with one attached hydrogen (secondary N) is 1. The molecule has 2 aromatic rings. The van der Waals surface area contributed by atoms with Gasteiger partial charge in [-0.3, -0.25) is 15.0 Å². The second kappa shape index (κ2) is 10.5. The number of carbonyl (C=O) groups is 1. The summed E-state index contributed by atoms with van der Waals surface area (Å²) >= 11 is 6.37. The summed E-state index contributed by atoms with van der Waals surface area (Å²) in [5.74, 6) is 0.937. The number of hydrogen-bond acceptors (Lipinski definition) is 5. The van der Waals surface area contributed by atoms with E-state index in [1.54, 1.807) is 25.3 Å². The minimum absolute atomic E-state index is 0.131. The number of piperidine rings is 1. The van der Waals surface area contributed by atoms with E-state index < -0.39 is 17.5 Å². The van der Waals surface area contributed by atoms with Crippen LogP contribution in [0.1, 0.15) is 63.1 Å². The van der Waals surface area contributed by atoms with Gasteiger partial charge in [-0.1, -0.05) is 24.4 Å². The average molecular weight is 478 g/mol. The van der Waals surface area contributed by atoms with Gasteiger partial charge in [-0.05, 0) is 75.7 Å². The van der Waals surface area contributed by atoms with Crippen LogP contribution in [0.25, 0.3) is 10.9 Å². The summed E-state index contributed by atoms with van der Waals surface area (Å²) < 4.78 is 20.9. The molecule has 1 saturated heterocycles. The lowest BCUT2D eigenvalue weighted by Crippen LogP contribution is -2.49. The van der Waals surface area contributed by atoms with E-state index in [1.807, 2.05) is 5.48 Å². The molecule has 0 spiro atoms. The molecule has 1 amide bonds. The van der Waals surface area contributed by atoms with Crippen LogP contribution in [0.4, 0.5) is 4.39 Å². The second-order valence-electron chi connectivity index (χ2n) is 9.58. The third kappa shape index (κ3) is 5.26. The second-order valence-corrected chi connectivity index (χ2v) is 9.99. The van der Waals surface area contributed by atoms with Crippen LogP contribution in [0.3, 0.4) is 0 Å². The molecule has 1 aliphatic carbocycles. The van der Waals surface area contributed by atoms with Gasteiger partial charge in [0, 0.05) is 23.7 Å². The van der Waals surface area contributed by atoms with Crippen molar-refractivity contribution in [2.75, 3.05) is 26.7 Å². The van der Waals surface area contributed by atoms with Crippen molar-refractivity contribution in [2.24, 2.45) is 11.3 Å². The van der Waals surface area contributed by atoms with E-state index in [0.29, 0.717) is 41.5 Å². The zero-order valence-electron chi connectivity index (χ0n) is 19.2. The molecule has 0 radical (unpaired) electrons. The number of nitrogens with zero attached hydrogens (tertiary/aromatic N) is 2. The van der Waals surface area contributed by atoms with E-state index in [4.69, 9.17) is 16.3 Å². The number of fused-ring (bicyclic) bond motifs is 1. The van der Waals surface area contributed by atoms with Crippen molar-refractivity contribution in [1.29, 1.82) is 0 Å². The molecule has 2 aliphatic rings. The van der Waals surface area contributed by atoms with Crippen LogP contribution in [-0.2, 0) is 4.79 Å². The van der Waals surface area contributed by atoms with Crippen LogP contribution in [0.5, 0.6) is 5.75 Å². The van der Waals surface area contributed by atoms with E-state index in [-0.39, 0.29) is 11.4 Å². The van der Waals surface area contributed by atoms with Crippen molar-refractivity contribution in [1.82, 2.24) is 15.4 Å². The lowest BCUT2D eigenvalue weighted by Gasteiger charge is -2.41. The molecule has 1 aromatic carbocycles. The number of rotatable bonds is 8. The summed E-state index contributed by atoms with van der Waals surface area (Å²) in [6.45, 7) is 2.65. The van der Waals surface area contributed by atoms with Crippen molar-refractivity contribution in [3.63, 3.8) is 0 Å². The predicted octanol–water partition coefficient (Wildman–Crippen LogP) is 5.47. The van der Waals surface area contributed by atoms with Crippen LogP contribution < -0.4 is 10.2 Å². The number of amides is 1. The summed E-state index contributed by atoms with van der Waals surface area (Å²) in [6.07, 6.45) is 6.98. The van der Waals surface area contributed by atoms with Gasteiger partial charge in [0.1, 0.15) is 11.9 Å². The number of halogens is 2. The number of likely N-dealkylation sites (tertiary alicyclic amines) is 1. The molecule has 0 unspecified atom stereocenters. The number of benzene rings is 1. The number of alkyl halides is 1. The molecular formula is C25H33ClFN3O3. The van der Waals surface area contributed by atoms with Gasteiger partial charge in [0.15, 0.2) is 0 Å². The van der Waals surface area contributed by atoms with Crippen LogP contribution in [0.2, 0.25) is 5.02 Å². The Hall–Kier alpha value is -1.96. The lowest BCUT2D eigenvalue weighted by molar-refractivity contribution is -0.143. The van der Waals surface area contributed by atoms with Gasteiger partial charge in [0.25, 0.3) is 0 Å². The molecule has 2 N–H and O–H groups in total. The van der Waals surface area contributed by atoms with Crippen LogP contribution >= 0.6 is 11.6 Å². The molecule has 4 rings (SSSR count). The number of ether oxygens (including phenoxy) is 1. The van der Waals surface area contributed by atoms with E-state index in [0.717, 1.165) is 25.6 Å². The molecule has 8 heteroatoms. The molecule has 1 saturated carbocycles. The number of carbonyl (C=O) groups excluding carboxylic acids is 1. The van der Waals surface area contributed by atoms with Crippen LogP contribution in [-0.4, -0.2) is 47.7 Å². The van der Waals surface area contributed by atoms with E-state index in [2.05, 4.69) is 9.88 Å². The van der Waals surface area contributed by atoms with Gasteiger partial charge >= 0.3 is 0 Å². The Morgan fingerprint density at radius 2 is 2.09 bits per heavy atom. The first kappa shape index (κ1) is 24.2. The normalized spacial score (nSPS) is 20.1. The topological polar surface area (TPSA) is 74.7 Å². The van der Waals surface area contributed by atoms with Gasteiger partial charge in [-0.15, -0.1) is 0 Å². The first-order chi connectivity index (χ1) is 16.0. The smallest absolute Gasteiger partial charge is 0.249 e. The molecule has 0 bridgehead atoms. The molecule has 1 aromatic heterocycles. The van der Waals surface area contributed by atoms with Gasteiger partial charge in [-0.25, -0.2) is 9.87 Å². The third-order valence-electron chi connectivity index (χ3n) is 7.65. The molecule has 33 heavy (non-hydrogen) atoms. The highest BCUT2D eigenvalue weighted by atomic mass is 35.5. The monoisotopic (exact) mass is 477 g/mol.